The van der Waals surface area contributed by atoms with Crippen LogP contribution in [-0.4, -0.2) is 22.6 Å². The quantitative estimate of drug-likeness (QED) is 0.593. The molecule has 0 saturated carbocycles. The van der Waals surface area contributed by atoms with Crippen LogP contribution in [0.25, 0.3) is 0 Å². The Bertz CT molecular complexity index is 1030. The Labute approximate surface area is 166 Å². The molecular formula is C22H23NO4S. The van der Waals surface area contributed by atoms with Crippen molar-refractivity contribution in [3.05, 3.63) is 83.9 Å². The Kier molecular flexibility index (Phi) is 5.90. The maximum atomic E-state index is 13.4. The van der Waals surface area contributed by atoms with Gasteiger partial charge in [0.15, 0.2) is 0 Å². The summed E-state index contributed by atoms with van der Waals surface area (Å²) in [4.78, 5) is 0.205. The topological polar surface area (TPSA) is 55.8 Å². The first-order valence-electron chi connectivity index (χ1n) is 8.80. The zero-order chi connectivity index (χ0) is 20.1. The average molecular weight is 397 g/mol. The molecule has 0 bridgehead atoms. The molecular weight excluding hydrogens is 374 g/mol. The van der Waals surface area contributed by atoms with E-state index in [0.717, 1.165) is 11.1 Å². The van der Waals surface area contributed by atoms with Crippen LogP contribution in [0.1, 0.15) is 11.1 Å². The number of hydrogen-bond donors (Lipinski definition) is 0. The molecule has 0 unspecified atom stereocenters. The second-order valence-electron chi connectivity index (χ2n) is 6.37. The second-order valence-corrected chi connectivity index (χ2v) is 8.24. The summed E-state index contributed by atoms with van der Waals surface area (Å²) in [7, 11) is -0.649. The number of nitrogens with zero attached hydrogens (tertiary/aromatic N) is 1. The lowest BCUT2D eigenvalue weighted by atomic mass is 10.1. The lowest BCUT2D eigenvalue weighted by Crippen LogP contribution is -2.30. The first kappa shape index (κ1) is 19.8. The van der Waals surface area contributed by atoms with Crippen LogP contribution in [0.4, 0.5) is 5.69 Å². The third-order valence-corrected chi connectivity index (χ3v) is 6.20. The van der Waals surface area contributed by atoms with Gasteiger partial charge in [-0.15, -0.1) is 0 Å². The zero-order valence-electron chi connectivity index (χ0n) is 16.1. The Balaban J connectivity index is 2.05. The largest absolute Gasteiger partial charge is 0.497 e. The molecule has 5 nitrogen and oxygen atoms in total. The SMILES string of the molecule is COc1ccc(N(Cc2cccc(C)c2)S(=O)(=O)c2ccc(OC)cc2)cc1. The first-order chi connectivity index (χ1) is 13.4. The standard InChI is InChI=1S/C22H23NO4S/c1-17-5-4-6-18(15-17)16-23(19-7-9-20(26-2)10-8-19)28(24,25)22-13-11-21(27-3)12-14-22/h4-15H,16H2,1-3H3. The van der Waals surface area contributed by atoms with Gasteiger partial charge in [0.05, 0.1) is 31.3 Å². The van der Waals surface area contributed by atoms with Gasteiger partial charge in [-0.2, -0.15) is 0 Å². The number of ether oxygens (including phenoxy) is 2. The van der Waals surface area contributed by atoms with E-state index in [0.29, 0.717) is 17.2 Å². The van der Waals surface area contributed by atoms with E-state index in [2.05, 4.69) is 0 Å². The zero-order valence-corrected chi connectivity index (χ0v) is 16.9. The van der Waals surface area contributed by atoms with Gasteiger partial charge in [-0.1, -0.05) is 29.8 Å². The molecule has 0 atom stereocenters. The maximum absolute atomic E-state index is 13.4. The number of anilines is 1. The number of aryl methyl sites for hydroxylation is 1. The first-order valence-corrected chi connectivity index (χ1v) is 10.2. The van der Waals surface area contributed by atoms with Crippen LogP contribution in [-0.2, 0) is 16.6 Å². The van der Waals surface area contributed by atoms with Crippen molar-refractivity contribution >= 4 is 15.7 Å². The molecule has 3 rings (SSSR count). The van der Waals surface area contributed by atoms with Crippen LogP contribution in [0.5, 0.6) is 11.5 Å². The number of methoxy groups -OCH3 is 2. The summed E-state index contributed by atoms with van der Waals surface area (Å²) in [6.45, 7) is 2.21. The predicted octanol–water partition coefficient (Wildman–Crippen LogP) is 4.41. The van der Waals surface area contributed by atoms with Crippen molar-refractivity contribution < 1.29 is 17.9 Å². The molecule has 3 aromatic rings. The molecule has 0 heterocycles. The Hall–Kier alpha value is -2.99. The van der Waals surface area contributed by atoms with E-state index in [4.69, 9.17) is 9.47 Å². The molecule has 146 valence electrons. The van der Waals surface area contributed by atoms with E-state index < -0.39 is 10.0 Å². The molecule has 6 heteroatoms. The Morgan fingerprint density at radius 2 is 1.39 bits per heavy atom. The van der Waals surface area contributed by atoms with Crippen molar-refractivity contribution in [3.8, 4) is 11.5 Å². The Morgan fingerprint density at radius 3 is 1.93 bits per heavy atom. The third-order valence-electron chi connectivity index (χ3n) is 4.42. The Morgan fingerprint density at radius 1 is 0.821 bits per heavy atom. The highest BCUT2D eigenvalue weighted by molar-refractivity contribution is 7.92. The second kappa shape index (κ2) is 8.35. The van der Waals surface area contributed by atoms with Gasteiger partial charge in [0.2, 0.25) is 0 Å². The molecule has 0 radical (unpaired) electrons. The van der Waals surface area contributed by atoms with Crippen LogP contribution in [0, 0.1) is 6.92 Å². The normalized spacial score (nSPS) is 11.1. The molecule has 0 spiro atoms. The fourth-order valence-electron chi connectivity index (χ4n) is 2.91. The van der Waals surface area contributed by atoms with Crippen LogP contribution in [0.2, 0.25) is 0 Å². The van der Waals surface area contributed by atoms with E-state index >= 15 is 0 Å². The van der Waals surface area contributed by atoms with Crippen molar-refractivity contribution in [2.24, 2.45) is 0 Å². The average Bonchev–Trinajstić information content (AvgIpc) is 2.72. The summed E-state index contributed by atoms with van der Waals surface area (Å²) in [5.74, 6) is 1.27. The van der Waals surface area contributed by atoms with Crippen LogP contribution < -0.4 is 13.8 Å². The molecule has 0 aliphatic heterocycles. The molecule has 28 heavy (non-hydrogen) atoms. The minimum Gasteiger partial charge on any atom is -0.497 e. The summed E-state index contributed by atoms with van der Waals surface area (Å²) in [6.07, 6.45) is 0. The van der Waals surface area contributed by atoms with Gasteiger partial charge in [-0.3, -0.25) is 4.31 Å². The fraction of sp³-hybridized carbons (Fsp3) is 0.182. The highest BCUT2D eigenvalue weighted by Crippen LogP contribution is 2.28. The minimum absolute atomic E-state index is 0.205. The van der Waals surface area contributed by atoms with E-state index in [1.54, 1.807) is 62.8 Å². The summed E-state index contributed by atoms with van der Waals surface area (Å²) < 4.78 is 38.6. The van der Waals surface area contributed by atoms with Crippen molar-refractivity contribution in [2.45, 2.75) is 18.4 Å². The van der Waals surface area contributed by atoms with E-state index in [-0.39, 0.29) is 11.4 Å². The number of rotatable bonds is 7. The summed E-state index contributed by atoms with van der Waals surface area (Å²) in [6, 6.07) is 21.2. The van der Waals surface area contributed by atoms with Gasteiger partial charge in [0.1, 0.15) is 11.5 Å². The molecule has 0 fully saturated rings. The molecule has 3 aromatic carbocycles. The predicted molar refractivity (Wildman–Crippen MR) is 111 cm³/mol. The highest BCUT2D eigenvalue weighted by atomic mass is 32.2. The maximum Gasteiger partial charge on any atom is 0.264 e. The van der Waals surface area contributed by atoms with Gasteiger partial charge < -0.3 is 9.47 Å². The minimum atomic E-state index is -3.77. The van der Waals surface area contributed by atoms with E-state index in [1.807, 2.05) is 31.2 Å². The lowest BCUT2D eigenvalue weighted by molar-refractivity contribution is 0.414. The van der Waals surface area contributed by atoms with Crippen LogP contribution >= 0.6 is 0 Å². The summed E-state index contributed by atoms with van der Waals surface area (Å²) in [5.41, 5.74) is 2.56. The van der Waals surface area contributed by atoms with E-state index in [9.17, 15) is 8.42 Å². The van der Waals surface area contributed by atoms with Crippen molar-refractivity contribution in [2.75, 3.05) is 18.5 Å². The smallest absolute Gasteiger partial charge is 0.264 e. The fourth-order valence-corrected chi connectivity index (χ4v) is 4.37. The molecule has 0 amide bonds. The molecule has 0 aromatic heterocycles. The number of benzene rings is 3. The van der Waals surface area contributed by atoms with E-state index in [1.165, 1.54) is 4.31 Å². The molecule has 0 aliphatic rings. The molecule has 0 N–H and O–H groups in total. The number of hydrogen-bond acceptors (Lipinski definition) is 4. The van der Waals surface area contributed by atoms with Gasteiger partial charge in [0, 0.05) is 0 Å². The molecule has 0 aliphatic carbocycles. The van der Waals surface area contributed by atoms with Gasteiger partial charge in [-0.25, -0.2) is 8.42 Å². The van der Waals surface area contributed by atoms with Gasteiger partial charge in [0.25, 0.3) is 10.0 Å². The van der Waals surface area contributed by atoms with Crippen LogP contribution in [0.15, 0.2) is 77.7 Å². The monoisotopic (exact) mass is 397 g/mol. The molecule has 0 saturated heterocycles. The summed E-state index contributed by atoms with van der Waals surface area (Å²) in [5, 5.41) is 0. The van der Waals surface area contributed by atoms with Gasteiger partial charge in [-0.05, 0) is 61.0 Å². The van der Waals surface area contributed by atoms with Crippen molar-refractivity contribution in [1.82, 2.24) is 0 Å². The van der Waals surface area contributed by atoms with Crippen molar-refractivity contribution in [1.29, 1.82) is 0 Å². The van der Waals surface area contributed by atoms with Gasteiger partial charge >= 0.3 is 0 Å². The number of sulfonamides is 1. The lowest BCUT2D eigenvalue weighted by Gasteiger charge is -2.25. The van der Waals surface area contributed by atoms with Crippen molar-refractivity contribution in [3.63, 3.8) is 0 Å². The summed E-state index contributed by atoms with van der Waals surface area (Å²) >= 11 is 0. The highest BCUT2D eigenvalue weighted by Gasteiger charge is 2.25. The van der Waals surface area contributed by atoms with Crippen LogP contribution in [0.3, 0.4) is 0 Å². The third kappa shape index (κ3) is 4.28.